The molecule has 2 heterocycles. The summed E-state index contributed by atoms with van der Waals surface area (Å²) >= 11 is 0. The van der Waals surface area contributed by atoms with Crippen LogP contribution in [0.2, 0.25) is 0 Å². The second-order valence-corrected chi connectivity index (χ2v) is 7.39. The molecule has 3 aromatic rings. The van der Waals surface area contributed by atoms with Crippen LogP contribution in [0.5, 0.6) is 11.5 Å². The molecule has 156 valence electrons. The topological polar surface area (TPSA) is 56.6 Å². The molecule has 0 atom stereocenters. The maximum atomic E-state index is 13.4. The molecule has 4 rings (SSSR count). The summed E-state index contributed by atoms with van der Waals surface area (Å²) in [5, 5.41) is 4.53. The van der Waals surface area contributed by atoms with Crippen molar-refractivity contribution >= 4 is 5.91 Å². The predicted octanol–water partition coefficient (Wildman–Crippen LogP) is 3.84. The highest BCUT2D eigenvalue weighted by Crippen LogP contribution is 2.34. The smallest absolute Gasteiger partial charge is 0.257 e. The normalized spacial score (nSPS) is 13.2. The number of fused-ring (bicyclic) bond motifs is 1. The highest BCUT2D eigenvalue weighted by atomic mass is 19.1. The molecule has 1 aromatic heterocycles. The van der Waals surface area contributed by atoms with E-state index in [-0.39, 0.29) is 11.7 Å². The zero-order valence-corrected chi connectivity index (χ0v) is 17.5. The van der Waals surface area contributed by atoms with Crippen LogP contribution in [0.3, 0.4) is 0 Å². The van der Waals surface area contributed by atoms with E-state index in [1.165, 1.54) is 12.1 Å². The summed E-state index contributed by atoms with van der Waals surface area (Å²) in [5.41, 5.74) is 4.91. The zero-order chi connectivity index (χ0) is 21.4. The molecule has 0 fully saturated rings. The lowest BCUT2D eigenvalue weighted by Gasteiger charge is -2.29. The molecule has 0 radical (unpaired) electrons. The quantitative estimate of drug-likeness (QED) is 0.657. The molecule has 0 saturated heterocycles. The number of rotatable bonds is 4. The van der Waals surface area contributed by atoms with E-state index in [0.29, 0.717) is 35.8 Å². The Morgan fingerprint density at radius 1 is 1.03 bits per heavy atom. The van der Waals surface area contributed by atoms with Crippen LogP contribution < -0.4 is 9.47 Å². The summed E-state index contributed by atoms with van der Waals surface area (Å²) in [5.74, 6) is 0.986. The lowest BCUT2D eigenvalue weighted by molar-refractivity contribution is 0.0733. The predicted molar refractivity (Wildman–Crippen MR) is 111 cm³/mol. The third-order valence-corrected chi connectivity index (χ3v) is 5.58. The molecular weight excluding hydrogens is 385 g/mol. The second kappa shape index (κ2) is 7.82. The fourth-order valence-electron chi connectivity index (χ4n) is 4.00. The molecule has 0 N–H and O–H groups in total. The van der Waals surface area contributed by atoms with E-state index in [1.54, 1.807) is 31.0 Å². The van der Waals surface area contributed by atoms with E-state index in [9.17, 15) is 9.18 Å². The van der Waals surface area contributed by atoms with Gasteiger partial charge in [0.05, 0.1) is 36.9 Å². The van der Waals surface area contributed by atoms with E-state index in [2.05, 4.69) is 5.10 Å². The molecule has 0 aliphatic carbocycles. The van der Waals surface area contributed by atoms with Gasteiger partial charge in [0.1, 0.15) is 5.82 Å². The monoisotopic (exact) mass is 409 g/mol. The highest BCUT2D eigenvalue weighted by Gasteiger charge is 2.28. The molecular formula is C23H24FN3O3. The van der Waals surface area contributed by atoms with Crippen LogP contribution in [0, 0.1) is 19.7 Å². The summed E-state index contributed by atoms with van der Waals surface area (Å²) in [6, 6.07) is 10.0. The Labute approximate surface area is 174 Å². The van der Waals surface area contributed by atoms with Crippen LogP contribution in [0.1, 0.15) is 32.9 Å². The van der Waals surface area contributed by atoms with Crippen LogP contribution in [0.4, 0.5) is 4.39 Å². The minimum Gasteiger partial charge on any atom is -0.493 e. The Bertz CT molecular complexity index is 1110. The number of carbonyl (C=O) groups excluding carboxylic acids is 1. The van der Waals surface area contributed by atoms with Crippen LogP contribution in [-0.2, 0) is 13.0 Å². The third-order valence-electron chi connectivity index (χ3n) is 5.58. The van der Waals surface area contributed by atoms with Gasteiger partial charge in [-0.15, -0.1) is 0 Å². The SMILES string of the molecule is COc1cc2c(cc1OC)CN(C(=O)c1c(C)nn(-c3ccc(F)cc3)c1C)CC2. The Morgan fingerprint density at radius 2 is 1.67 bits per heavy atom. The van der Waals surface area contributed by atoms with Gasteiger partial charge in [0.15, 0.2) is 11.5 Å². The molecule has 30 heavy (non-hydrogen) atoms. The third kappa shape index (κ3) is 3.40. The van der Waals surface area contributed by atoms with Gasteiger partial charge in [-0.3, -0.25) is 4.79 Å². The number of aryl methyl sites for hydroxylation is 1. The van der Waals surface area contributed by atoms with Gasteiger partial charge >= 0.3 is 0 Å². The average Bonchev–Trinajstić information content (AvgIpc) is 3.06. The summed E-state index contributed by atoms with van der Waals surface area (Å²) < 4.78 is 25.8. The molecule has 1 aliphatic rings. The molecule has 6 nitrogen and oxygen atoms in total. The number of amides is 1. The largest absolute Gasteiger partial charge is 0.493 e. The standard InChI is InChI=1S/C23H24FN3O3/c1-14-22(15(2)27(25-14)19-7-5-18(24)6-8-19)23(28)26-10-9-16-11-20(29-3)21(30-4)12-17(16)13-26/h5-8,11-12H,9-10,13H2,1-4H3. The van der Waals surface area contributed by atoms with Crippen molar-refractivity contribution in [3.63, 3.8) is 0 Å². The van der Waals surface area contributed by atoms with Crippen LogP contribution in [0.25, 0.3) is 5.69 Å². The number of halogens is 1. The van der Waals surface area contributed by atoms with Gasteiger partial charge in [-0.05, 0) is 67.8 Å². The second-order valence-electron chi connectivity index (χ2n) is 7.39. The molecule has 0 saturated carbocycles. The van der Waals surface area contributed by atoms with Gasteiger partial charge in [-0.2, -0.15) is 5.10 Å². The van der Waals surface area contributed by atoms with Gasteiger partial charge in [0.2, 0.25) is 0 Å². The molecule has 7 heteroatoms. The lowest BCUT2D eigenvalue weighted by atomic mass is 9.98. The zero-order valence-electron chi connectivity index (χ0n) is 17.5. The maximum Gasteiger partial charge on any atom is 0.257 e. The molecule has 1 aliphatic heterocycles. The van der Waals surface area contributed by atoms with E-state index < -0.39 is 0 Å². The van der Waals surface area contributed by atoms with Crippen molar-refractivity contribution < 1.29 is 18.7 Å². The minimum atomic E-state index is -0.310. The summed E-state index contributed by atoms with van der Waals surface area (Å²) in [7, 11) is 3.22. The number of methoxy groups -OCH3 is 2. The Morgan fingerprint density at radius 3 is 2.30 bits per heavy atom. The Kier molecular flexibility index (Phi) is 5.20. The summed E-state index contributed by atoms with van der Waals surface area (Å²) in [6.45, 7) is 4.80. The van der Waals surface area contributed by atoms with Crippen molar-refractivity contribution in [3.8, 4) is 17.2 Å². The number of nitrogens with zero attached hydrogens (tertiary/aromatic N) is 3. The van der Waals surface area contributed by atoms with Crippen molar-refractivity contribution in [2.75, 3.05) is 20.8 Å². The Hall–Kier alpha value is -3.35. The molecule has 2 aromatic carbocycles. The van der Waals surface area contributed by atoms with Crippen molar-refractivity contribution in [3.05, 3.63) is 70.3 Å². The van der Waals surface area contributed by atoms with Crippen molar-refractivity contribution in [2.24, 2.45) is 0 Å². The first-order valence-electron chi connectivity index (χ1n) is 9.78. The van der Waals surface area contributed by atoms with Gasteiger partial charge < -0.3 is 14.4 Å². The molecule has 0 spiro atoms. The number of ether oxygens (including phenoxy) is 2. The fraction of sp³-hybridized carbons (Fsp3) is 0.304. The van der Waals surface area contributed by atoms with Gasteiger partial charge in [0.25, 0.3) is 5.91 Å². The number of benzene rings is 2. The van der Waals surface area contributed by atoms with E-state index >= 15 is 0 Å². The number of hydrogen-bond acceptors (Lipinski definition) is 4. The van der Waals surface area contributed by atoms with Crippen molar-refractivity contribution in [1.29, 1.82) is 0 Å². The number of hydrogen-bond donors (Lipinski definition) is 0. The summed E-state index contributed by atoms with van der Waals surface area (Å²) in [6.07, 6.45) is 0.742. The molecule has 0 unspecified atom stereocenters. The van der Waals surface area contributed by atoms with Gasteiger partial charge in [0, 0.05) is 13.1 Å². The number of aromatic nitrogens is 2. The molecule has 0 bridgehead atoms. The van der Waals surface area contributed by atoms with Crippen molar-refractivity contribution in [1.82, 2.24) is 14.7 Å². The maximum absolute atomic E-state index is 13.4. The summed E-state index contributed by atoms with van der Waals surface area (Å²) in [4.78, 5) is 15.2. The van der Waals surface area contributed by atoms with Gasteiger partial charge in [-0.25, -0.2) is 9.07 Å². The number of carbonyl (C=O) groups is 1. The van der Waals surface area contributed by atoms with E-state index in [1.807, 2.05) is 30.9 Å². The fourth-order valence-corrected chi connectivity index (χ4v) is 4.00. The Balaban J connectivity index is 1.64. The lowest BCUT2D eigenvalue weighted by Crippen LogP contribution is -2.36. The first-order valence-corrected chi connectivity index (χ1v) is 9.78. The van der Waals surface area contributed by atoms with Crippen LogP contribution >= 0.6 is 0 Å². The van der Waals surface area contributed by atoms with Crippen molar-refractivity contribution in [2.45, 2.75) is 26.8 Å². The van der Waals surface area contributed by atoms with Crippen LogP contribution in [0.15, 0.2) is 36.4 Å². The minimum absolute atomic E-state index is 0.0567. The first kappa shape index (κ1) is 19.9. The average molecular weight is 409 g/mol. The molecule has 1 amide bonds. The van der Waals surface area contributed by atoms with E-state index in [4.69, 9.17) is 9.47 Å². The first-order chi connectivity index (χ1) is 14.4. The van der Waals surface area contributed by atoms with Gasteiger partial charge in [-0.1, -0.05) is 0 Å². The highest BCUT2D eigenvalue weighted by molar-refractivity contribution is 5.96. The van der Waals surface area contributed by atoms with Crippen LogP contribution in [-0.4, -0.2) is 41.4 Å². The van der Waals surface area contributed by atoms with E-state index in [0.717, 1.165) is 28.9 Å².